The van der Waals surface area contributed by atoms with Crippen molar-refractivity contribution in [3.8, 4) is 0 Å². The van der Waals surface area contributed by atoms with Crippen LogP contribution in [0.15, 0.2) is 48.5 Å². The van der Waals surface area contributed by atoms with Crippen molar-refractivity contribution in [1.29, 1.82) is 0 Å². The Labute approximate surface area is 158 Å². The molecule has 0 spiro atoms. The highest BCUT2D eigenvalue weighted by Crippen LogP contribution is 2.13. The molecule has 0 saturated carbocycles. The standard InChI is InChI=1S/C20H24N4O3/c1-3-24(4-2)20(27)14-8-10-16(11-9-14)22-13-18(25)23-17-7-5-6-15(12-17)19(21)26/h5-12,22H,3-4,13H2,1-2H3,(H2,21,26)(H,23,25). The van der Waals surface area contributed by atoms with Crippen LogP contribution in [0, 0.1) is 0 Å². The SMILES string of the molecule is CCN(CC)C(=O)c1ccc(NCC(=O)Nc2cccc(C(N)=O)c2)cc1. The summed E-state index contributed by atoms with van der Waals surface area (Å²) < 4.78 is 0. The molecule has 0 aromatic heterocycles. The topological polar surface area (TPSA) is 105 Å². The molecular formula is C20H24N4O3. The summed E-state index contributed by atoms with van der Waals surface area (Å²) in [4.78, 5) is 37.3. The van der Waals surface area contributed by atoms with Gasteiger partial charge in [-0.3, -0.25) is 14.4 Å². The first kappa shape index (κ1) is 20.0. The minimum atomic E-state index is -0.552. The van der Waals surface area contributed by atoms with Crippen LogP contribution in [0.4, 0.5) is 11.4 Å². The summed E-state index contributed by atoms with van der Waals surface area (Å²) in [5.74, 6) is -0.831. The number of rotatable bonds is 8. The third-order valence-electron chi connectivity index (χ3n) is 4.07. The molecule has 3 amide bonds. The van der Waals surface area contributed by atoms with Crippen LogP contribution in [0.2, 0.25) is 0 Å². The van der Waals surface area contributed by atoms with Crippen LogP contribution in [-0.4, -0.2) is 42.3 Å². The molecular weight excluding hydrogens is 344 g/mol. The van der Waals surface area contributed by atoms with Crippen LogP contribution >= 0.6 is 0 Å². The van der Waals surface area contributed by atoms with Gasteiger partial charge in [0.15, 0.2) is 0 Å². The van der Waals surface area contributed by atoms with Gasteiger partial charge in [0, 0.05) is 35.6 Å². The zero-order valence-corrected chi connectivity index (χ0v) is 15.5. The van der Waals surface area contributed by atoms with E-state index in [1.54, 1.807) is 47.4 Å². The maximum Gasteiger partial charge on any atom is 0.253 e. The lowest BCUT2D eigenvalue weighted by atomic mass is 10.1. The van der Waals surface area contributed by atoms with Gasteiger partial charge in [-0.05, 0) is 56.3 Å². The third-order valence-corrected chi connectivity index (χ3v) is 4.07. The molecule has 0 fully saturated rings. The van der Waals surface area contributed by atoms with E-state index in [0.29, 0.717) is 29.9 Å². The number of anilines is 2. The first-order valence-electron chi connectivity index (χ1n) is 8.77. The summed E-state index contributed by atoms with van der Waals surface area (Å²) in [6.45, 7) is 5.24. The van der Waals surface area contributed by atoms with Gasteiger partial charge in [-0.25, -0.2) is 0 Å². The number of benzene rings is 2. The summed E-state index contributed by atoms with van der Waals surface area (Å²) in [6, 6.07) is 13.4. The molecule has 0 unspecified atom stereocenters. The molecule has 0 aliphatic rings. The number of carbonyl (C=O) groups excluding carboxylic acids is 3. The summed E-state index contributed by atoms with van der Waals surface area (Å²) in [7, 11) is 0. The lowest BCUT2D eigenvalue weighted by Gasteiger charge is -2.18. The molecule has 0 aliphatic carbocycles. The van der Waals surface area contributed by atoms with Crippen LogP contribution in [0.5, 0.6) is 0 Å². The number of primary amides is 1. The summed E-state index contributed by atoms with van der Waals surface area (Å²) >= 11 is 0. The van der Waals surface area contributed by atoms with Crippen LogP contribution in [0.1, 0.15) is 34.6 Å². The highest BCUT2D eigenvalue weighted by atomic mass is 16.2. The van der Waals surface area contributed by atoms with Crippen molar-refractivity contribution in [2.24, 2.45) is 5.73 Å². The van der Waals surface area contributed by atoms with E-state index < -0.39 is 5.91 Å². The first-order chi connectivity index (χ1) is 12.9. The van der Waals surface area contributed by atoms with Gasteiger partial charge in [-0.1, -0.05) is 6.07 Å². The Kier molecular flexibility index (Phi) is 6.93. The van der Waals surface area contributed by atoms with E-state index >= 15 is 0 Å². The number of hydrogen-bond donors (Lipinski definition) is 3. The average Bonchev–Trinajstić information content (AvgIpc) is 2.68. The smallest absolute Gasteiger partial charge is 0.253 e. The molecule has 7 heteroatoms. The van der Waals surface area contributed by atoms with E-state index in [1.165, 1.54) is 6.07 Å². The second-order valence-corrected chi connectivity index (χ2v) is 5.90. The lowest BCUT2D eigenvalue weighted by molar-refractivity contribution is -0.114. The van der Waals surface area contributed by atoms with Crippen molar-refractivity contribution in [3.05, 3.63) is 59.7 Å². The van der Waals surface area contributed by atoms with Gasteiger partial charge >= 0.3 is 0 Å². The number of hydrogen-bond acceptors (Lipinski definition) is 4. The Bertz CT molecular complexity index is 814. The molecule has 2 aromatic rings. The van der Waals surface area contributed by atoms with Crippen LogP contribution < -0.4 is 16.4 Å². The Balaban J connectivity index is 1.91. The number of nitrogens with zero attached hydrogens (tertiary/aromatic N) is 1. The van der Waals surface area contributed by atoms with E-state index in [9.17, 15) is 14.4 Å². The Morgan fingerprint density at radius 2 is 1.59 bits per heavy atom. The van der Waals surface area contributed by atoms with E-state index in [-0.39, 0.29) is 18.4 Å². The first-order valence-corrected chi connectivity index (χ1v) is 8.77. The zero-order chi connectivity index (χ0) is 19.8. The third kappa shape index (κ3) is 5.57. The fourth-order valence-electron chi connectivity index (χ4n) is 2.56. The molecule has 0 atom stereocenters. The number of amides is 3. The molecule has 0 bridgehead atoms. The molecule has 0 saturated heterocycles. The van der Waals surface area contributed by atoms with Gasteiger partial charge in [0.05, 0.1) is 6.54 Å². The average molecular weight is 368 g/mol. The Morgan fingerprint density at radius 1 is 0.926 bits per heavy atom. The van der Waals surface area contributed by atoms with Gasteiger partial charge in [0.25, 0.3) is 5.91 Å². The number of nitrogens with one attached hydrogen (secondary N) is 2. The van der Waals surface area contributed by atoms with Crippen molar-refractivity contribution in [1.82, 2.24) is 4.90 Å². The Hall–Kier alpha value is -3.35. The molecule has 142 valence electrons. The fraction of sp³-hybridized carbons (Fsp3) is 0.250. The second kappa shape index (κ2) is 9.38. The molecule has 0 aliphatic heterocycles. The number of carbonyl (C=O) groups is 3. The van der Waals surface area contributed by atoms with Crippen LogP contribution in [0.3, 0.4) is 0 Å². The molecule has 2 aromatic carbocycles. The minimum absolute atomic E-state index is 0.0152. The minimum Gasteiger partial charge on any atom is -0.376 e. The molecule has 7 nitrogen and oxygen atoms in total. The van der Waals surface area contributed by atoms with E-state index in [0.717, 1.165) is 5.69 Å². The van der Waals surface area contributed by atoms with Gasteiger partial charge < -0.3 is 21.3 Å². The zero-order valence-electron chi connectivity index (χ0n) is 15.5. The Morgan fingerprint density at radius 3 is 2.19 bits per heavy atom. The van der Waals surface area contributed by atoms with Gasteiger partial charge in [-0.15, -0.1) is 0 Å². The van der Waals surface area contributed by atoms with Crippen LogP contribution in [0.25, 0.3) is 0 Å². The molecule has 0 heterocycles. The van der Waals surface area contributed by atoms with Crippen molar-refractivity contribution in [3.63, 3.8) is 0 Å². The summed E-state index contributed by atoms with van der Waals surface area (Å²) in [6.07, 6.45) is 0. The van der Waals surface area contributed by atoms with Gasteiger partial charge in [0.1, 0.15) is 0 Å². The highest BCUT2D eigenvalue weighted by Gasteiger charge is 2.12. The predicted octanol–water partition coefficient (Wildman–Crippen LogP) is 2.32. The van der Waals surface area contributed by atoms with Crippen molar-refractivity contribution in [2.45, 2.75) is 13.8 Å². The monoisotopic (exact) mass is 368 g/mol. The largest absolute Gasteiger partial charge is 0.376 e. The van der Waals surface area contributed by atoms with Gasteiger partial charge in [-0.2, -0.15) is 0 Å². The van der Waals surface area contributed by atoms with Crippen LogP contribution in [-0.2, 0) is 4.79 Å². The summed E-state index contributed by atoms with van der Waals surface area (Å²) in [5, 5.41) is 5.69. The molecule has 2 rings (SSSR count). The maximum absolute atomic E-state index is 12.3. The van der Waals surface area contributed by atoms with E-state index in [2.05, 4.69) is 10.6 Å². The summed E-state index contributed by atoms with van der Waals surface area (Å²) in [5.41, 5.74) is 7.39. The fourth-order valence-corrected chi connectivity index (χ4v) is 2.56. The lowest BCUT2D eigenvalue weighted by Crippen LogP contribution is -2.30. The van der Waals surface area contributed by atoms with Gasteiger partial charge in [0.2, 0.25) is 11.8 Å². The molecule has 4 N–H and O–H groups in total. The normalized spacial score (nSPS) is 10.1. The predicted molar refractivity (Wildman–Crippen MR) is 106 cm³/mol. The maximum atomic E-state index is 12.3. The number of nitrogens with two attached hydrogens (primary N) is 1. The second-order valence-electron chi connectivity index (χ2n) is 5.90. The highest BCUT2D eigenvalue weighted by molar-refractivity contribution is 5.97. The molecule has 27 heavy (non-hydrogen) atoms. The molecule has 0 radical (unpaired) electrons. The van der Waals surface area contributed by atoms with E-state index in [4.69, 9.17) is 5.73 Å². The van der Waals surface area contributed by atoms with E-state index in [1.807, 2.05) is 13.8 Å². The quantitative estimate of drug-likeness (QED) is 0.665. The van der Waals surface area contributed by atoms with Crippen molar-refractivity contribution < 1.29 is 14.4 Å². The van der Waals surface area contributed by atoms with Crippen molar-refractivity contribution >= 4 is 29.1 Å². The van der Waals surface area contributed by atoms with Crippen molar-refractivity contribution in [2.75, 3.05) is 30.3 Å².